The summed E-state index contributed by atoms with van der Waals surface area (Å²) in [6, 6.07) is 10.5. The van der Waals surface area contributed by atoms with Crippen molar-refractivity contribution in [1.29, 1.82) is 0 Å². The van der Waals surface area contributed by atoms with Crippen molar-refractivity contribution < 1.29 is 4.39 Å². The minimum Gasteiger partial charge on any atom is -0.271 e. The molecule has 19 heavy (non-hydrogen) atoms. The zero-order chi connectivity index (χ0) is 14.0. The quantitative estimate of drug-likeness (QED) is 0.664. The Labute approximate surface area is 117 Å². The Morgan fingerprint density at radius 1 is 1.16 bits per heavy atom. The van der Waals surface area contributed by atoms with Crippen LogP contribution in [0.15, 0.2) is 36.4 Å². The van der Waals surface area contributed by atoms with Crippen LogP contribution in [0, 0.1) is 19.7 Å². The number of aryl methyl sites for hydroxylation is 2. The lowest BCUT2D eigenvalue weighted by atomic mass is 9.94. The van der Waals surface area contributed by atoms with Gasteiger partial charge in [-0.25, -0.2) is 9.82 Å². The molecule has 0 fully saturated rings. The summed E-state index contributed by atoms with van der Waals surface area (Å²) < 4.78 is 14.1. The fraction of sp³-hybridized carbons (Fsp3) is 0.200. The molecular formula is C15H16ClFN2. The van der Waals surface area contributed by atoms with Gasteiger partial charge in [-0.15, -0.1) is 0 Å². The number of benzene rings is 2. The van der Waals surface area contributed by atoms with E-state index in [2.05, 4.69) is 5.43 Å². The van der Waals surface area contributed by atoms with E-state index in [0.717, 1.165) is 16.7 Å². The zero-order valence-electron chi connectivity index (χ0n) is 10.9. The van der Waals surface area contributed by atoms with Gasteiger partial charge in [0.2, 0.25) is 0 Å². The van der Waals surface area contributed by atoms with Gasteiger partial charge in [0.05, 0.1) is 11.1 Å². The number of hydrazine groups is 1. The first kappa shape index (κ1) is 14.0. The minimum absolute atomic E-state index is 0.0996. The van der Waals surface area contributed by atoms with Crippen LogP contribution in [0.25, 0.3) is 0 Å². The van der Waals surface area contributed by atoms with Gasteiger partial charge in [0.1, 0.15) is 5.82 Å². The Balaban J connectivity index is 2.53. The highest BCUT2D eigenvalue weighted by Gasteiger charge is 2.19. The van der Waals surface area contributed by atoms with Gasteiger partial charge in [-0.05, 0) is 31.0 Å². The molecule has 0 bridgehead atoms. The molecule has 0 aliphatic rings. The monoisotopic (exact) mass is 278 g/mol. The molecular weight excluding hydrogens is 263 g/mol. The number of nitrogens with two attached hydrogens (primary N) is 1. The molecule has 1 atom stereocenters. The Morgan fingerprint density at radius 3 is 2.53 bits per heavy atom. The summed E-state index contributed by atoms with van der Waals surface area (Å²) in [6.07, 6.45) is 0. The minimum atomic E-state index is -0.438. The third kappa shape index (κ3) is 2.78. The number of hydrogen-bond donors (Lipinski definition) is 2. The van der Waals surface area contributed by atoms with Crippen molar-refractivity contribution in [3.63, 3.8) is 0 Å². The molecule has 2 aromatic carbocycles. The molecule has 2 aromatic rings. The van der Waals surface area contributed by atoms with E-state index >= 15 is 0 Å². The van der Waals surface area contributed by atoms with Crippen LogP contribution < -0.4 is 11.3 Å². The summed E-state index contributed by atoms with van der Waals surface area (Å²) in [4.78, 5) is 0. The summed E-state index contributed by atoms with van der Waals surface area (Å²) in [5.41, 5.74) is 6.26. The zero-order valence-corrected chi connectivity index (χ0v) is 11.6. The predicted octanol–water partition coefficient (Wildman–Crippen LogP) is 3.65. The van der Waals surface area contributed by atoms with E-state index in [1.807, 2.05) is 32.0 Å². The van der Waals surface area contributed by atoms with Crippen molar-refractivity contribution in [1.82, 2.24) is 5.43 Å². The summed E-state index contributed by atoms with van der Waals surface area (Å²) >= 11 is 5.82. The molecule has 0 heterocycles. The highest BCUT2D eigenvalue weighted by molar-refractivity contribution is 6.30. The number of nitrogens with one attached hydrogen (secondary N) is 1. The Hall–Kier alpha value is -1.42. The molecule has 2 rings (SSSR count). The van der Waals surface area contributed by atoms with Crippen LogP contribution >= 0.6 is 11.6 Å². The first-order valence-corrected chi connectivity index (χ1v) is 6.39. The average Bonchev–Trinajstić information content (AvgIpc) is 2.37. The Bertz CT molecular complexity index is 599. The van der Waals surface area contributed by atoms with Crippen LogP contribution in [0.2, 0.25) is 5.02 Å². The molecule has 1 unspecified atom stereocenters. The topological polar surface area (TPSA) is 38.0 Å². The maximum atomic E-state index is 14.1. The Morgan fingerprint density at radius 2 is 1.89 bits per heavy atom. The largest absolute Gasteiger partial charge is 0.271 e. The third-order valence-electron chi connectivity index (χ3n) is 3.20. The summed E-state index contributed by atoms with van der Waals surface area (Å²) in [5, 5.41) is 0.0996. The molecule has 3 N–H and O–H groups in total. The Kier molecular flexibility index (Phi) is 4.20. The first-order valence-electron chi connectivity index (χ1n) is 6.01. The smallest absolute Gasteiger partial charge is 0.146 e. The molecule has 0 aliphatic carbocycles. The van der Waals surface area contributed by atoms with Crippen molar-refractivity contribution in [2.45, 2.75) is 19.9 Å². The van der Waals surface area contributed by atoms with E-state index in [1.54, 1.807) is 12.1 Å². The van der Waals surface area contributed by atoms with Gasteiger partial charge in [-0.2, -0.15) is 0 Å². The average molecular weight is 279 g/mol. The highest BCUT2D eigenvalue weighted by Crippen LogP contribution is 2.29. The van der Waals surface area contributed by atoms with Crippen LogP contribution in [0.4, 0.5) is 4.39 Å². The molecule has 2 nitrogen and oxygen atoms in total. The first-order chi connectivity index (χ1) is 9.04. The second-order valence-electron chi connectivity index (χ2n) is 4.60. The normalized spacial score (nSPS) is 12.5. The SMILES string of the molecule is Cc1ccc(C(NN)c2cccc(Cl)c2F)c(C)c1. The van der Waals surface area contributed by atoms with E-state index in [-0.39, 0.29) is 5.02 Å². The van der Waals surface area contributed by atoms with Crippen molar-refractivity contribution in [2.75, 3.05) is 0 Å². The lowest BCUT2D eigenvalue weighted by Gasteiger charge is -2.20. The molecule has 0 radical (unpaired) electrons. The second-order valence-corrected chi connectivity index (χ2v) is 5.01. The predicted molar refractivity (Wildman–Crippen MR) is 76.5 cm³/mol. The van der Waals surface area contributed by atoms with Gasteiger partial charge in [-0.1, -0.05) is 47.5 Å². The van der Waals surface area contributed by atoms with Gasteiger partial charge in [0.15, 0.2) is 0 Å². The third-order valence-corrected chi connectivity index (χ3v) is 3.49. The lowest BCUT2D eigenvalue weighted by Crippen LogP contribution is -2.30. The van der Waals surface area contributed by atoms with Gasteiger partial charge in [0, 0.05) is 5.56 Å². The number of hydrogen-bond acceptors (Lipinski definition) is 2. The molecule has 0 saturated heterocycles. The molecule has 0 aliphatic heterocycles. The molecule has 0 amide bonds. The fourth-order valence-corrected chi connectivity index (χ4v) is 2.42. The lowest BCUT2D eigenvalue weighted by molar-refractivity contribution is 0.559. The molecule has 0 spiro atoms. The van der Waals surface area contributed by atoms with Gasteiger partial charge in [0.25, 0.3) is 0 Å². The van der Waals surface area contributed by atoms with Crippen LogP contribution in [-0.2, 0) is 0 Å². The highest BCUT2D eigenvalue weighted by atomic mass is 35.5. The standard InChI is InChI=1S/C15H16ClFN2/c1-9-6-7-11(10(2)8-9)15(19-18)12-4-3-5-13(16)14(12)17/h3-8,15,19H,18H2,1-2H3. The van der Waals surface area contributed by atoms with Gasteiger partial charge in [-0.3, -0.25) is 5.84 Å². The maximum Gasteiger partial charge on any atom is 0.146 e. The van der Waals surface area contributed by atoms with Crippen molar-refractivity contribution in [3.05, 3.63) is 69.5 Å². The molecule has 0 saturated carbocycles. The molecule has 0 aromatic heterocycles. The van der Waals surface area contributed by atoms with Crippen molar-refractivity contribution >= 4 is 11.6 Å². The molecule has 4 heteroatoms. The van der Waals surface area contributed by atoms with Crippen molar-refractivity contribution in [2.24, 2.45) is 5.84 Å². The number of rotatable bonds is 3. The van der Waals surface area contributed by atoms with E-state index in [9.17, 15) is 4.39 Å². The van der Waals surface area contributed by atoms with Crippen LogP contribution in [0.1, 0.15) is 28.3 Å². The van der Waals surface area contributed by atoms with Crippen LogP contribution in [0.3, 0.4) is 0 Å². The van der Waals surface area contributed by atoms with Crippen LogP contribution in [-0.4, -0.2) is 0 Å². The summed E-state index contributed by atoms with van der Waals surface area (Å²) in [6.45, 7) is 4.00. The van der Waals surface area contributed by atoms with E-state index in [4.69, 9.17) is 17.4 Å². The number of halogens is 2. The van der Waals surface area contributed by atoms with Crippen molar-refractivity contribution in [3.8, 4) is 0 Å². The molecule has 100 valence electrons. The van der Waals surface area contributed by atoms with E-state index in [0.29, 0.717) is 5.56 Å². The second kappa shape index (κ2) is 5.70. The summed E-state index contributed by atoms with van der Waals surface area (Å²) in [5.74, 6) is 5.17. The van der Waals surface area contributed by atoms with Gasteiger partial charge >= 0.3 is 0 Å². The van der Waals surface area contributed by atoms with E-state index in [1.165, 1.54) is 6.07 Å². The van der Waals surface area contributed by atoms with E-state index < -0.39 is 11.9 Å². The maximum absolute atomic E-state index is 14.1. The fourth-order valence-electron chi connectivity index (χ4n) is 2.24. The van der Waals surface area contributed by atoms with Gasteiger partial charge < -0.3 is 0 Å². The van der Waals surface area contributed by atoms with Crippen LogP contribution in [0.5, 0.6) is 0 Å². The summed E-state index contributed by atoms with van der Waals surface area (Å²) in [7, 11) is 0.